The lowest BCUT2D eigenvalue weighted by molar-refractivity contribution is 0.0130. The molecule has 3 rings (SSSR count). The van der Waals surface area contributed by atoms with Crippen LogP contribution in [0.1, 0.15) is 19.8 Å². The Kier molecular flexibility index (Phi) is 6.25. The molecule has 10 heteroatoms. The van der Waals surface area contributed by atoms with E-state index in [4.69, 9.17) is 16.7 Å². The van der Waals surface area contributed by atoms with Crippen molar-refractivity contribution in [3.05, 3.63) is 23.6 Å². The minimum atomic E-state index is -0.460. The summed E-state index contributed by atoms with van der Waals surface area (Å²) in [6.45, 7) is 3.78. The SMILES string of the molecule is CC(O)N1CCCC1CNc1nc(Nc2cnn(CCO)c2)ncc1Cl. The Bertz CT molecular complexity index is 724. The van der Waals surface area contributed by atoms with Crippen LogP contribution in [0, 0.1) is 0 Å². The number of aliphatic hydroxyl groups excluding tert-OH is 2. The van der Waals surface area contributed by atoms with Crippen LogP contribution in [0.15, 0.2) is 18.6 Å². The molecule has 0 aliphatic carbocycles. The summed E-state index contributed by atoms with van der Waals surface area (Å²) in [6, 6.07) is 0.245. The highest BCUT2D eigenvalue weighted by Crippen LogP contribution is 2.24. The first-order valence-corrected chi connectivity index (χ1v) is 9.05. The first kappa shape index (κ1) is 18.8. The lowest BCUT2D eigenvalue weighted by Gasteiger charge is -2.27. The van der Waals surface area contributed by atoms with Crippen molar-refractivity contribution < 1.29 is 10.2 Å². The highest BCUT2D eigenvalue weighted by molar-refractivity contribution is 6.32. The van der Waals surface area contributed by atoms with Gasteiger partial charge in [0.15, 0.2) is 5.82 Å². The molecular weight excluding hydrogens is 358 g/mol. The second kappa shape index (κ2) is 8.63. The summed E-state index contributed by atoms with van der Waals surface area (Å²) < 4.78 is 1.63. The Morgan fingerprint density at radius 2 is 2.27 bits per heavy atom. The van der Waals surface area contributed by atoms with E-state index in [1.165, 1.54) is 0 Å². The van der Waals surface area contributed by atoms with Gasteiger partial charge in [0.1, 0.15) is 11.3 Å². The Morgan fingerprint density at radius 3 is 3.04 bits per heavy atom. The average Bonchev–Trinajstić information content (AvgIpc) is 3.25. The third kappa shape index (κ3) is 4.61. The zero-order valence-corrected chi connectivity index (χ0v) is 15.4. The van der Waals surface area contributed by atoms with Gasteiger partial charge < -0.3 is 20.8 Å². The van der Waals surface area contributed by atoms with E-state index < -0.39 is 6.23 Å². The summed E-state index contributed by atoms with van der Waals surface area (Å²) in [7, 11) is 0. The largest absolute Gasteiger partial charge is 0.394 e. The first-order valence-electron chi connectivity index (χ1n) is 8.67. The number of nitrogens with zero attached hydrogens (tertiary/aromatic N) is 5. The Balaban J connectivity index is 1.63. The molecule has 2 aromatic heterocycles. The average molecular weight is 382 g/mol. The van der Waals surface area contributed by atoms with Gasteiger partial charge in [0.2, 0.25) is 5.95 Å². The number of aliphatic hydroxyl groups is 2. The second-order valence-electron chi connectivity index (χ2n) is 6.28. The van der Waals surface area contributed by atoms with Crippen LogP contribution in [0.3, 0.4) is 0 Å². The van der Waals surface area contributed by atoms with Gasteiger partial charge in [0.25, 0.3) is 0 Å². The zero-order valence-electron chi connectivity index (χ0n) is 14.6. The van der Waals surface area contributed by atoms with E-state index >= 15 is 0 Å². The normalized spacial score (nSPS) is 18.8. The summed E-state index contributed by atoms with van der Waals surface area (Å²) in [5.41, 5.74) is 0.725. The maximum atomic E-state index is 9.84. The summed E-state index contributed by atoms with van der Waals surface area (Å²) in [5, 5.41) is 29.7. The van der Waals surface area contributed by atoms with E-state index in [9.17, 15) is 5.11 Å². The number of rotatable bonds is 8. The van der Waals surface area contributed by atoms with Crippen molar-refractivity contribution in [2.24, 2.45) is 0 Å². The van der Waals surface area contributed by atoms with E-state index in [0.29, 0.717) is 29.9 Å². The van der Waals surface area contributed by atoms with E-state index in [0.717, 1.165) is 25.1 Å². The van der Waals surface area contributed by atoms with Crippen molar-refractivity contribution in [1.29, 1.82) is 0 Å². The summed E-state index contributed by atoms with van der Waals surface area (Å²) in [4.78, 5) is 10.7. The van der Waals surface area contributed by atoms with Crippen LogP contribution in [0.4, 0.5) is 17.5 Å². The maximum Gasteiger partial charge on any atom is 0.229 e. The number of likely N-dealkylation sites (tertiary alicyclic amines) is 1. The van der Waals surface area contributed by atoms with Crippen LogP contribution in [0.2, 0.25) is 5.02 Å². The molecule has 0 spiro atoms. The van der Waals surface area contributed by atoms with Crippen molar-refractivity contribution in [2.45, 2.75) is 38.6 Å². The van der Waals surface area contributed by atoms with Crippen molar-refractivity contribution in [3.63, 3.8) is 0 Å². The summed E-state index contributed by atoms with van der Waals surface area (Å²) in [5.74, 6) is 0.948. The molecule has 0 radical (unpaired) electrons. The maximum absolute atomic E-state index is 9.84. The minimum Gasteiger partial charge on any atom is -0.394 e. The monoisotopic (exact) mass is 381 g/mol. The van der Waals surface area contributed by atoms with Crippen molar-refractivity contribution in [3.8, 4) is 0 Å². The zero-order chi connectivity index (χ0) is 18.5. The summed E-state index contributed by atoms with van der Waals surface area (Å²) >= 11 is 6.21. The van der Waals surface area contributed by atoms with Gasteiger partial charge in [-0.25, -0.2) is 4.98 Å². The molecule has 0 aromatic carbocycles. The van der Waals surface area contributed by atoms with Crippen LogP contribution in [0.5, 0.6) is 0 Å². The third-order valence-corrected chi connectivity index (χ3v) is 4.65. The number of nitrogens with one attached hydrogen (secondary N) is 2. The van der Waals surface area contributed by atoms with Gasteiger partial charge in [-0.3, -0.25) is 9.58 Å². The lowest BCUT2D eigenvalue weighted by atomic mass is 10.2. The van der Waals surface area contributed by atoms with E-state index in [2.05, 4.69) is 30.6 Å². The Hall–Kier alpha value is -1.94. The number of halogens is 1. The number of hydrogen-bond donors (Lipinski definition) is 4. The topological polar surface area (TPSA) is 111 Å². The van der Waals surface area contributed by atoms with E-state index in [1.807, 2.05) is 0 Å². The summed E-state index contributed by atoms with van der Waals surface area (Å²) in [6.07, 6.45) is 6.58. The Labute approximate surface area is 157 Å². The molecule has 1 aliphatic heterocycles. The van der Waals surface area contributed by atoms with Gasteiger partial charge in [-0.1, -0.05) is 11.6 Å². The van der Waals surface area contributed by atoms with Gasteiger partial charge in [-0.05, 0) is 19.8 Å². The molecule has 0 saturated carbocycles. The third-order valence-electron chi connectivity index (χ3n) is 4.37. The molecule has 26 heavy (non-hydrogen) atoms. The highest BCUT2D eigenvalue weighted by atomic mass is 35.5. The molecule has 2 unspecified atom stereocenters. The standard InChI is InChI=1S/C16H24ClN7O2/c1-11(26)24-4-2-3-13(24)8-18-15-14(17)9-19-16(22-15)21-12-7-20-23(10-12)5-6-25/h7,9-11,13,25-26H,2-6,8H2,1H3,(H2,18,19,21,22). The molecule has 0 bridgehead atoms. The molecule has 9 nitrogen and oxygen atoms in total. The molecular formula is C16H24ClN7O2. The fourth-order valence-corrected chi connectivity index (χ4v) is 3.27. The fraction of sp³-hybridized carbons (Fsp3) is 0.562. The molecule has 3 heterocycles. The molecule has 1 aliphatic rings. The van der Waals surface area contributed by atoms with Gasteiger partial charge in [-0.15, -0.1) is 0 Å². The fourth-order valence-electron chi connectivity index (χ4n) is 3.12. The van der Waals surface area contributed by atoms with Crippen LogP contribution in [-0.2, 0) is 6.54 Å². The molecule has 4 N–H and O–H groups in total. The Morgan fingerprint density at radius 1 is 1.42 bits per heavy atom. The smallest absolute Gasteiger partial charge is 0.229 e. The van der Waals surface area contributed by atoms with Crippen molar-refractivity contribution in [1.82, 2.24) is 24.6 Å². The molecule has 1 fully saturated rings. The number of anilines is 3. The predicted molar refractivity (Wildman–Crippen MR) is 99.5 cm³/mol. The molecule has 142 valence electrons. The van der Waals surface area contributed by atoms with Crippen molar-refractivity contribution >= 4 is 29.1 Å². The highest BCUT2D eigenvalue weighted by Gasteiger charge is 2.27. The minimum absolute atomic E-state index is 0.0251. The van der Waals surface area contributed by atoms with Crippen molar-refractivity contribution in [2.75, 3.05) is 30.3 Å². The molecule has 0 amide bonds. The lowest BCUT2D eigenvalue weighted by Crippen LogP contribution is -2.40. The molecule has 1 saturated heterocycles. The number of hydrogen-bond acceptors (Lipinski definition) is 8. The van der Waals surface area contributed by atoms with Gasteiger partial charge >= 0.3 is 0 Å². The van der Waals surface area contributed by atoms with Crippen LogP contribution < -0.4 is 10.6 Å². The van der Waals surface area contributed by atoms with Gasteiger partial charge in [-0.2, -0.15) is 10.1 Å². The molecule has 2 atom stereocenters. The number of aromatic nitrogens is 4. The van der Waals surface area contributed by atoms with Gasteiger partial charge in [0, 0.05) is 25.3 Å². The van der Waals surface area contributed by atoms with Crippen LogP contribution in [0.25, 0.3) is 0 Å². The van der Waals surface area contributed by atoms with Gasteiger partial charge in [0.05, 0.1) is 31.2 Å². The van der Waals surface area contributed by atoms with E-state index in [1.54, 1.807) is 30.2 Å². The predicted octanol–water partition coefficient (Wildman–Crippen LogP) is 1.28. The quantitative estimate of drug-likeness (QED) is 0.541. The first-order chi connectivity index (χ1) is 12.6. The van der Waals surface area contributed by atoms with E-state index in [-0.39, 0.29) is 12.6 Å². The molecule has 2 aromatic rings. The van der Waals surface area contributed by atoms with Crippen LogP contribution in [-0.4, -0.2) is 66.8 Å². The van der Waals surface area contributed by atoms with Crippen LogP contribution >= 0.6 is 11.6 Å². The second-order valence-corrected chi connectivity index (χ2v) is 6.68.